The van der Waals surface area contributed by atoms with Gasteiger partial charge in [-0.05, 0) is 43.0 Å². The first kappa shape index (κ1) is 15.1. The summed E-state index contributed by atoms with van der Waals surface area (Å²) in [7, 11) is 0. The summed E-state index contributed by atoms with van der Waals surface area (Å²) in [6.45, 7) is 6.52. The molecule has 0 bridgehead atoms. The predicted molar refractivity (Wildman–Crippen MR) is 87.2 cm³/mol. The van der Waals surface area contributed by atoms with Crippen molar-refractivity contribution in [1.82, 2.24) is 5.32 Å². The average Bonchev–Trinajstić information content (AvgIpc) is 2.47. The van der Waals surface area contributed by atoms with Gasteiger partial charge in [0.05, 0.1) is 0 Å². The van der Waals surface area contributed by atoms with Gasteiger partial charge >= 0.3 is 0 Å². The van der Waals surface area contributed by atoms with E-state index in [9.17, 15) is 0 Å². The van der Waals surface area contributed by atoms with Gasteiger partial charge in [-0.1, -0.05) is 61.0 Å². The van der Waals surface area contributed by atoms with Gasteiger partial charge in [0.2, 0.25) is 0 Å². The first-order chi connectivity index (χ1) is 9.61. The largest absolute Gasteiger partial charge is 0.304 e. The first-order valence-corrected chi connectivity index (χ1v) is 7.59. The molecular weight excluding hydrogens is 266 g/mol. The Kier molecular flexibility index (Phi) is 5.22. The highest BCUT2D eigenvalue weighted by molar-refractivity contribution is 6.31. The van der Waals surface area contributed by atoms with Crippen LogP contribution in [-0.4, -0.2) is 0 Å². The molecule has 0 fully saturated rings. The van der Waals surface area contributed by atoms with E-state index in [1.54, 1.807) is 0 Å². The fraction of sp³-hybridized carbons (Fsp3) is 0.333. The van der Waals surface area contributed by atoms with Crippen molar-refractivity contribution in [2.75, 3.05) is 0 Å². The van der Waals surface area contributed by atoms with E-state index in [-0.39, 0.29) is 6.04 Å². The van der Waals surface area contributed by atoms with Crippen LogP contribution < -0.4 is 5.32 Å². The second-order valence-electron chi connectivity index (χ2n) is 5.23. The molecule has 1 N–H and O–H groups in total. The summed E-state index contributed by atoms with van der Waals surface area (Å²) >= 11 is 6.25. The smallest absolute Gasteiger partial charge is 0.0453 e. The van der Waals surface area contributed by atoms with E-state index >= 15 is 0 Å². The van der Waals surface area contributed by atoms with E-state index in [0.717, 1.165) is 17.0 Å². The molecule has 1 unspecified atom stereocenters. The molecule has 0 aliphatic heterocycles. The lowest BCUT2D eigenvalue weighted by molar-refractivity contribution is 0.495. The van der Waals surface area contributed by atoms with Crippen LogP contribution in [0, 0.1) is 0 Å². The van der Waals surface area contributed by atoms with Crippen LogP contribution in [0.15, 0.2) is 48.5 Å². The number of hydrogen-bond acceptors (Lipinski definition) is 1. The minimum Gasteiger partial charge on any atom is -0.304 e. The molecule has 0 saturated carbocycles. The molecule has 1 nitrogen and oxygen atoms in total. The lowest BCUT2D eigenvalue weighted by Gasteiger charge is -2.21. The van der Waals surface area contributed by atoms with Gasteiger partial charge in [-0.15, -0.1) is 0 Å². The van der Waals surface area contributed by atoms with E-state index in [1.807, 2.05) is 18.2 Å². The number of nitrogens with one attached hydrogen (secondary N) is 1. The van der Waals surface area contributed by atoms with Crippen LogP contribution in [0.25, 0.3) is 0 Å². The topological polar surface area (TPSA) is 12.0 Å². The summed E-state index contributed by atoms with van der Waals surface area (Å²) < 4.78 is 0. The Labute approximate surface area is 127 Å². The Bertz CT molecular complexity index is 548. The van der Waals surface area contributed by atoms with E-state index in [2.05, 4.69) is 56.4 Å². The molecule has 0 aromatic heterocycles. The lowest BCUT2D eigenvalue weighted by Crippen LogP contribution is -2.22. The number of halogens is 1. The third-order valence-electron chi connectivity index (χ3n) is 3.76. The molecule has 2 atom stereocenters. The van der Waals surface area contributed by atoms with Crippen molar-refractivity contribution in [2.45, 2.75) is 39.3 Å². The Morgan fingerprint density at radius 1 is 0.950 bits per heavy atom. The summed E-state index contributed by atoms with van der Waals surface area (Å²) in [5.74, 6) is 0. The minimum atomic E-state index is 0.226. The predicted octanol–water partition coefficient (Wildman–Crippen LogP) is 5.31. The molecule has 20 heavy (non-hydrogen) atoms. The Morgan fingerprint density at radius 3 is 2.20 bits per heavy atom. The number of rotatable bonds is 5. The summed E-state index contributed by atoms with van der Waals surface area (Å²) in [5.41, 5.74) is 3.83. The third-order valence-corrected chi connectivity index (χ3v) is 4.10. The SMILES string of the molecule is CCc1ccc(C(C)N[C@@H](C)c2ccccc2Cl)cc1. The third kappa shape index (κ3) is 3.62. The average molecular weight is 288 g/mol. The van der Waals surface area contributed by atoms with E-state index in [1.165, 1.54) is 11.1 Å². The van der Waals surface area contributed by atoms with Gasteiger partial charge in [0.25, 0.3) is 0 Å². The second-order valence-corrected chi connectivity index (χ2v) is 5.63. The molecule has 0 spiro atoms. The molecule has 0 amide bonds. The zero-order chi connectivity index (χ0) is 14.5. The van der Waals surface area contributed by atoms with E-state index in [0.29, 0.717) is 6.04 Å². The van der Waals surface area contributed by atoms with Gasteiger partial charge in [-0.25, -0.2) is 0 Å². The van der Waals surface area contributed by atoms with Gasteiger partial charge in [-0.3, -0.25) is 0 Å². The minimum absolute atomic E-state index is 0.226. The van der Waals surface area contributed by atoms with Crippen molar-refractivity contribution in [2.24, 2.45) is 0 Å². The summed E-state index contributed by atoms with van der Waals surface area (Å²) in [6.07, 6.45) is 1.08. The normalized spacial score (nSPS) is 14.0. The maximum Gasteiger partial charge on any atom is 0.0453 e. The molecule has 106 valence electrons. The molecule has 2 rings (SSSR count). The molecule has 2 aromatic rings. The van der Waals surface area contributed by atoms with Crippen LogP contribution in [0.4, 0.5) is 0 Å². The van der Waals surface area contributed by atoms with Gasteiger partial charge in [0.15, 0.2) is 0 Å². The quantitative estimate of drug-likeness (QED) is 0.785. The number of aryl methyl sites for hydroxylation is 1. The van der Waals surface area contributed by atoms with Crippen molar-refractivity contribution >= 4 is 11.6 Å². The standard InChI is InChI=1S/C18H22ClN/c1-4-15-9-11-16(12-10-15)13(2)20-14(3)17-7-5-6-8-18(17)19/h5-14,20H,4H2,1-3H3/t13?,14-/m0/s1. The Hall–Kier alpha value is -1.31. The molecular formula is C18H22ClN. The van der Waals surface area contributed by atoms with Crippen LogP contribution in [0.5, 0.6) is 0 Å². The van der Waals surface area contributed by atoms with Gasteiger partial charge in [0, 0.05) is 17.1 Å². The fourth-order valence-corrected chi connectivity index (χ4v) is 2.73. The number of hydrogen-bond donors (Lipinski definition) is 1. The lowest BCUT2D eigenvalue weighted by atomic mass is 10.0. The van der Waals surface area contributed by atoms with Crippen molar-refractivity contribution < 1.29 is 0 Å². The van der Waals surface area contributed by atoms with Crippen LogP contribution in [0.1, 0.15) is 49.5 Å². The highest BCUT2D eigenvalue weighted by Gasteiger charge is 2.13. The second kappa shape index (κ2) is 6.92. The zero-order valence-electron chi connectivity index (χ0n) is 12.4. The maximum absolute atomic E-state index is 6.25. The van der Waals surface area contributed by atoms with Crippen molar-refractivity contribution in [3.8, 4) is 0 Å². The van der Waals surface area contributed by atoms with Gasteiger partial charge in [0.1, 0.15) is 0 Å². The van der Waals surface area contributed by atoms with Crippen LogP contribution >= 0.6 is 11.6 Å². The summed E-state index contributed by atoms with van der Waals surface area (Å²) in [5, 5.41) is 4.43. The Morgan fingerprint density at radius 2 is 1.60 bits per heavy atom. The molecule has 2 heteroatoms. The van der Waals surface area contributed by atoms with Crippen LogP contribution in [0.3, 0.4) is 0 Å². The molecule has 0 aliphatic rings. The zero-order valence-corrected chi connectivity index (χ0v) is 13.1. The van der Waals surface area contributed by atoms with E-state index in [4.69, 9.17) is 11.6 Å². The molecule has 0 saturated heterocycles. The molecule has 0 aliphatic carbocycles. The van der Waals surface area contributed by atoms with E-state index < -0.39 is 0 Å². The van der Waals surface area contributed by atoms with Gasteiger partial charge < -0.3 is 5.32 Å². The van der Waals surface area contributed by atoms with Crippen molar-refractivity contribution in [3.63, 3.8) is 0 Å². The number of benzene rings is 2. The van der Waals surface area contributed by atoms with Gasteiger partial charge in [-0.2, -0.15) is 0 Å². The highest BCUT2D eigenvalue weighted by atomic mass is 35.5. The van der Waals surface area contributed by atoms with Crippen molar-refractivity contribution in [1.29, 1.82) is 0 Å². The maximum atomic E-state index is 6.25. The highest BCUT2D eigenvalue weighted by Crippen LogP contribution is 2.25. The fourth-order valence-electron chi connectivity index (χ4n) is 2.43. The first-order valence-electron chi connectivity index (χ1n) is 7.21. The molecule has 2 aromatic carbocycles. The monoisotopic (exact) mass is 287 g/mol. The van der Waals surface area contributed by atoms with Crippen LogP contribution in [-0.2, 0) is 6.42 Å². The molecule has 0 heterocycles. The summed E-state index contributed by atoms with van der Waals surface area (Å²) in [6, 6.07) is 17.3. The Balaban J connectivity index is 2.06. The molecule has 0 radical (unpaired) electrons. The summed E-state index contributed by atoms with van der Waals surface area (Å²) in [4.78, 5) is 0. The van der Waals surface area contributed by atoms with Crippen molar-refractivity contribution in [3.05, 3.63) is 70.2 Å². The van der Waals surface area contributed by atoms with Crippen LogP contribution in [0.2, 0.25) is 5.02 Å².